The van der Waals surface area contributed by atoms with Crippen molar-refractivity contribution in [2.24, 2.45) is 0 Å². The quantitative estimate of drug-likeness (QED) is 0.770. The van der Waals surface area contributed by atoms with Crippen LogP contribution in [0.5, 0.6) is 0 Å². The summed E-state index contributed by atoms with van der Waals surface area (Å²) in [4.78, 5) is 2.27. The Morgan fingerprint density at radius 2 is 2.31 bits per heavy atom. The van der Waals surface area contributed by atoms with E-state index in [1.807, 2.05) is 6.07 Å². The molecule has 1 aliphatic heterocycles. The van der Waals surface area contributed by atoms with Gasteiger partial charge in [-0.1, -0.05) is 12.1 Å². The van der Waals surface area contributed by atoms with Crippen LogP contribution in [0.1, 0.15) is 24.8 Å². The van der Waals surface area contributed by atoms with Crippen LogP contribution in [0.4, 0.5) is 4.39 Å². The van der Waals surface area contributed by atoms with Gasteiger partial charge in [-0.05, 0) is 50.6 Å². The molecule has 0 bridgehead atoms. The molecule has 1 atom stereocenters. The summed E-state index contributed by atoms with van der Waals surface area (Å²) in [5.41, 5.74) is 8.39. The summed E-state index contributed by atoms with van der Waals surface area (Å²) in [5, 5.41) is 0. The van der Waals surface area contributed by atoms with Crippen molar-refractivity contribution in [3.05, 3.63) is 35.6 Å². The highest BCUT2D eigenvalue weighted by Crippen LogP contribution is 2.40. The zero-order valence-electron chi connectivity index (χ0n) is 9.67. The van der Waals surface area contributed by atoms with Gasteiger partial charge in [-0.15, -0.1) is 0 Å². The topological polar surface area (TPSA) is 27.0 Å². The second-order valence-electron chi connectivity index (χ2n) is 4.57. The van der Waals surface area contributed by atoms with Gasteiger partial charge in [-0.3, -0.25) is 10.6 Å². The molecule has 1 heterocycles. The van der Waals surface area contributed by atoms with Gasteiger partial charge in [0.25, 0.3) is 0 Å². The van der Waals surface area contributed by atoms with Gasteiger partial charge in [0.15, 0.2) is 0 Å². The summed E-state index contributed by atoms with van der Waals surface area (Å²) in [5.74, 6) is -0.179. The van der Waals surface area contributed by atoms with Gasteiger partial charge in [0.05, 0.1) is 0 Å². The van der Waals surface area contributed by atoms with E-state index in [1.54, 1.807) is 12.1 Å². The highest BCUT2D eigenvalue weighted by atomic mass is 19.1. The van der Waals surface area contributed by atoms with Crippen molar-refractivity contribution in [2.45, 2.75) is 24.8 Å². The third kappa shape index (κ3) is 1.85. The lowest BCUT2D eigenvalue weighted by atomic mass is 9.84. The second-order valence-corrected chi connectivity index (χ2v) is 4.57. The standard InChI is InChI=1S/C13H18FN2/c1-16-9-3-6-13(16,7-8-15)11-4-2-5-12(14)10-11/h2,4-5,10,15H,3,6-9H2,1H3. The van der Waals surface area contributed by atoms with Crippen LogP contribution >= 0.6 is 0 Å². The molecule has 1 unspecified atom stereocenters. The second kappa shape index (κ2) is 4.52. The Kier molecular flexibility index (Phi) is 3.26. The van der Waals surface area contributed by atoms with Gasteiger partial charge in [-0.25, -0.2) is 4.39 Å². The molecular weight excluding hydrogens is 203 g/mol. The number of nitrogens with one attached hydrogen (secondary N) is 1. The molecule has 0 saturated carbocycles. The number of hydrogen-bond donors (Lipinski definition) is 0. The van der Waals surface area contributed by atoms with Crippen molar-refractivity contribution in [1.82, 2.24) is 10.6 Å². The molecule has 87 valence electrons. The van der Waals surface area contributed by atoms with Crippen LogP contribution in [-0.4, -0.2) is 25.0 Å². The highest BCUT2D eigenvalue weighted by molar-refractivity contribution is 5.26. The molecule has 2 rings (SSSR count). The van der Waals surface area contributed by atoms with Crippen LogP contribution in [0.2, 0.25) is 0 Å². The molecule has 1 aliphatic rings. The van der Waals surface area contributed by atoms with E-state index in [0.29, 0.717) is 6.54 Å². The van der Waals surface area contributed by atoms with Crippen molar-refractivity contribution < 1.29 is 4.39 Å². The molecular formula is C13H18FN2. The van der Waals surface area contributed by atoms with Gasteiger partial charge in [0.1, 0.15) is 5.82 Å². The first kappa shape index (κ1) is 11.6. The van der Waals surface area contributed by atoms with Crippen LogP contribution < -0.4 is 5.73 Å². The Labute approximate surface area is 96.2 Å². The number of likely N-dealkylation sites (tertiary alicyclic amines) is 1. The summed E-state index contributed by atoms with van der Waals surface area (Å²) in [6, 6.07) is 6.85. The summed E-state index contributed by atoms with van der Waals surface area (Å²) in [6.45, 7) is 1.43. The zero-order valence-corrected chi connectivity index (χ0v) is 9.67. The fourth-order valence-corrected chi connectivity index (χ4v) is 2.82. The average Bonchev–Trinajstić information content (AvgIpc) is 2.62. The van der Waals surface area contributed by atoms with Crippen LogP contribution in [0.3, 0.4) is 0 Å². The molecule has 1 radical (unpaired) electrons. The van der Waals surface area contributed by atoms with Gasteiger partial charge < -0.3 is 0 Å². The van der Waals surface area contributed by atoms with Crippen molar-refractivity contribution in [1.29, 1.82) is 0 Å². The predicted octanol–water partition coefficient (Wildman–Crippen LogP) is 2.42. The van der Waals surface area contributed by atoms with E-state index in [4.69, 9.17) is 5.73 Å². The first-order valence-corrected chi connectivity index (χ1v) is 5.81. The Hall–Kier alpha value is -0.930. The number of rotatable bonds is 3. The minimum Gasteiger partial charge on any atom is -0.297 e. The smallest absolute Gasteiger partial charge is 0.123 e. The van der Waals surface area contributed by atoms with Crippen LogP contribution in [0.25, 0.3) is 0 Å². The molecule has 1 aromatic carbocycles. The Balaban J connectivity index is 2.39. The molecule has 16 heavy (non-hydrogen) atoms. The third-order valence-electron chi connectivity index (χ3n) is 3.72. The van der Waals surface area contributed by atoms with Gasteiger partial charge in [-0.2, -0.15) is 0 Å². The van der Waals surface area contributed by atoms with Gasteiger partial charge in [0, 0.05) is 12.1 Å². The summed E-state index contributed by atoms with van der Waals surface area (Å²) in [7, 11) is 2.08. The lowest BCUT2D eigenvalue weighted by molar-refractivity contribution is 0.162. The maximum absolute atomic E-state index is 13.3. The Morgan fingerprint density at radius 1 is 1.50 bits per heavy atom. The number of benzene rings is 1. The average molecular weight is 221 g/mol. The molecule has 1 N–H and O–H groups in total. The third-order valence-corrected chi connectivity index (χ3v) is 3.72. The van der Waals surface area contributed by atoms with Gasteiger partial charge >= 0.3 is 0 Å². The minimum absolute atomic E-state index is 0.107. The monoisotopic (exact) mass is 221 g/mol. The fraction of sp³-hybridized carbons (Fsp3) is 0.538. The molecule has 1 aromatic rings. The first-order valence-electron chi connectivity index (χ1n) is 5.81. The Morgan fingerprint density at radius 3 is 2.88 bits per heavy atom. The van der Waals surface area contributed by atoms with E-state index in [1.165, 1.54) is 6.07 Å². The van der Waals surface area contributed by atoms with Crippen molar-refractivity contribution >= 4 is 0 Å². The maximum atomic E-state index is 13.3. The molecule has 0 aliphatic carbocycles. The number of nitrogens with zero attached hydrogens (tertiary/aromatic N) is 1. The number of hydrogen-bond acceptors (Lipinski definition) is 1. The molecule has 3 heteroatoms. The minimum atomic E-state index is -0.179. The molecule has 0 aromatic heterocycles. The summed E-state index contributed by atoms with van der Waals surface area (Å²) < 4.78 is 13.3. The largest absolute Gasteiger partial charge is 0.297 e. The molecule has 2 nitrogen and oxygen atoms in total. The van der Waals surface area contributed by atoms with Crippen molar-refractivity contribution in [2.75, 3.05) is 20.1 Å². The summed E-state index contributed by atoms with van der Waals surface area (Å²) >= 11 is 0. The maximum Gasteiger partial charge on any atom is 0.123 e. The van der Waals surface area contributed by atoms with E-state index in [0.717, 1.165) is 31.4 Å². The molecule has 0 amide bonds. The van der Waals surface area contributed by atoms with Crippen LogP contribution in [-0.2, 0) is 5.54 Å². The van der Waals surface area contributed by atoms with Crippen molar-refractivity contribution in [3.63, 3.8) is 0 Å². The van der Waals surface area contributed by atoms with E-state index in [2.05, 4.69) is 11.9 Å². The molecule has 0 spiro atoms. The molecule has 1 fully saturated rings. The van der Waals surface area contributed by atoms with E-state index in [9.17, 15) is 4.39 Å². The normalized spacial score (nSPS) is 26.2. The Bertz CT molecular complexity index is 367. The molecule has 1 saturated heterocycles. The van der Waals surface area contributed by atoms with E-state index < -0.39 is 0 Å². The first-order chi connectivity index (χ1) is 7.69. The van der Waals surface area contributed by atoms with Crippen LogP contribution in [0, 0.1) is 5.82 Å². The SMILES string of the molecule is CN1CCCC1(CC[NH])c1cccc(F)c1. The summed E-state index contributed by atoms with van der Waals surface area (Å²) in [6.07, 6.45) is 2.95. The zero-order chi connectivity index (χ0) is 11.6. The predicted molar refractivity (Wildman–Crippen MR) is 62.5 cm³/mol. The van der Waals surface area contributed by atoms with Crippen LogP contribution in [0.15, 0.2) is 24.3 Å². The fourth-order valence-electron chi connectivity index (χ4n) is 2.82. The number of halogens is 1. The lowest BCUT2D eigenvalue weighted by Gasteiger charge is -2.36. The van der Waals surface area contributed by atoms with E-state index >= 15 is 0 Å². The van der Waals surface area contributed by atoms with E-state index in [-0.39, 0.29) is 11.4 Å². The lowest BCUT2D eigenvalue weighted by Crippen LogP contribution is -2.39. The van der Waals surface area contributed by atoms with Crippen molar-refractivity contribution in [3.8, 4) is 0 Å². The highest BCUT2D eigenvalue weighted by Gasteiger charge is 2.39. The van der Waals surface area contributed by atoms with Gasteiger partial charge in [0.2, 0.25) is 0 Å².